The molecule has 7 heteroatoms. The Morgan fingerprint density at radius 1 is 1.15 bits per heavy atom. The highest BCUT2D eigenvalue weighted by molar-refractivity contribution is 5.72. The molecule has 0 aliphatic carbocycles. The van der Waals surface area contributed by atoms with Crippen molar-refractivity contribution in [3.05, 3.63) is 29.8 Å². The van der Waals surface area contributed by atoms with Crippen LogP contribution in [-0.2, 0) is 9.59 Å². The van der Waals surface area contributed by atoms with E-state index in [-0.39, 0.29) is 26.2 Å². The fourth-order valence-corrected chi connectivity index (χ4v) is 1.51. The molecule has 0 amide bonds. The molecule has 0 aromatic heterocycles. The number of nitrogens with zero attached hydrogens (tertiary/aromatic N) is 2. The quantitative estimate of drug-likeness (QED) is 0.708. The van der Waals surface area contributed by atoms with E-state index in [2.05, 4.69) is 0 Å². The summed E-state index contributed by atoms with van der Waals surface area (Å²) in [6.07, 6.45) is 0. The normalized spacial score (nSPS) is 10.0. The molecule has 0 spiro atoms. The molecule has 1 aromatic rings. The molecule has 0 heterocycles. The predicted molar refractivity (Wildman–Crippen MR) is 68.4 cm³/mol. The first-order chi connectivity index (χ1) is 9.51. The van der Waals surface area contributed by atoms with E-state index >= 15 is 0 Å². The van der Waals surface area contributed by atoms with E-state index in [9.17, 15) is 9.59 Å². The molecule has 0 saturated heterocycles. The number of aliphatic carboxylic acids is 2. The molecular weight excluding hydrogens is 264 g/mol. The van der Waals surface area contributed by atoms with Crippen molar-refractivity contribution >= 4 is 11.9 Å². The Balaban J connectivity index is 2.44. The van der Waals surface area contributed by atoms with E-state index < -0.39 is 11.9 Å². The van der Waals surface area contributed by atoms with Crippen molar-refractivity contribution in [1.82, 2.24) is 4.90 Å². The lowest BCUT2D eigenvalue weighted by Gasteiger charge is -2.17. The van der Waals surface area contributed by atoms with Gasteiger partial charge in [0, 0.05) is 6.54 Å². The third-order valence-electron chi connectivity index (χ3n) is 2.38. The standard InChI is InChI=1S/C13H14N2O5/c14-7-10-1-3-11(4-2-10)20-6-5-15(8-12(16)17)9-13(18)19/h1-4H,5-6,8-9H2,(H,16,17)(H,18,19). The third-order valence-corrected chi connectivity index (χ3v) is 2.38. The van der Waals surface area contributed by atoms with Gasteiger partial charge in [-0.1, -0.05) is 0 Å². The number of ether oxygens (including phenoxy) is 1. The van der Waals surface area contributed by atoms with E-state index in [1.165, 1.54) is 4.90 Å². The van der Waals surface area contributed by atoms with Crippen molar-refractivity contribution < 1.29 is 24.5 Å². The van der Waals surface area contributed by atoms with Gasteiger partial charge >= 0.3 is 11.9 Å². The highest BCUT2D eigenvalue weighted by Crippen LogP contribution is 2.11. The van der Waals surface area contributed by atoms with Gasteiger partial charge in [0.25, 0.3) is 0 Å². The van der Waals surface area contributed by atoms with Crippen LogP contribution in [0.5, 0.6) is 5.75 Å². The SMILES string of the molecule is N#Cc1ccc(OCCN(CC(=O)O)CC(=O)O)cc1. The van der Waals surface area contributed by atoms with Gasteiger partial charge in [-0.2, -0.15) is 5.26 Å². The summed E-state index contributed by atoms with van der Waals surface area (Å²) in [5, 5.41) is 26.0. The lowest BCUT2D eigenvalue weighted by molar-refractivity contribution is -0.141. The zero-order valence-corrected chi connectivity index (χ0v) is 10.7. The van der Waals surface area contributed by atoms with E-state index in [4.69, 9.17) is 20.2 Å². The molecule has 0 unspecified atom stereocenters. The minimum absolute atomic E-state index is 0.159. The average molecular weight is 278 g/mol. The predicted octanol–water partition coefficient (Wildman–Crippen LogP) is 0.408. The Labute approximate surface area is 115 Å². The van der Waals surface area contributed by atoms with E-state index in [0.29, 0.717) is 11.3 Å². The maximum atomic E-state index is 10.6. The van der Waals surface area contributed by atoms with Crippen molar-refractivity contribution in [2.45, 2.75) is 0 Å². The summed E-state index contributed by atoms with van der Waals surface area (Å²) < 4.78 is 5.36. The van der Waals surface area contributed by atoms with Gasteiger partial charge in [0.2, 0.25) is 0 Å². The zero-order chi connectivity index (χ0) is 15.0. The van der Waals surface area contributed by atoms with Crippen LogP contribution < -0.4 is 4.74 Å². The lowest BCUT2D eigenvalue weighted by Crippen LogP contribution is -2.37. The van der Waals surface area contributed by atoms with Gasteiger partial charge < -0.3 is 14.9 Å². The van der Waals surface area contributed by atoms with Crippen LogP contribution in [0.3, 0.4) is 0 Å². The monoisotopic (exact) mass is 278 g/mol. The molecule has 20 heavy (non-hydrogen) atoms. The number of carboxylic acid groups (broad SMARTS) is 2. The van der Waals surface area contributed by atoms with Crippen LogP contribution in [0, 0.1) is 11.3 Å². The molecule has 0 fully saturated rings. The first-order valence-corrected chi connectivity index (χ1v) is 5.80. The smallest absolute Gasteiger partial charge is 0.317 e. The number of benzene rings is 1. The maximum Gasteiger partial charge on any atom is 0.317 e. The summed E-state index contributed by atoms with van der Waals surface area (Å²) in [5.41, 5.74) is 0.510. The van der Waals surface area contributed by atoms with Crippen LogP contribution in [0.15, 0.2) is 24.3 Å². The number of hydrogen-bond acceptors (Lipinski definition) is 5. The van der Waals surface area contributed by atoms with Crippen molar-refractivity contribution in [3.63, 3.8) is 0 Å². The summed E-state index contributed by atoms with van der Waals surface area (Å²) in [6, 6.07) is 8.42. The Bertz CT molecular complexity index is 490. The molecular formula is C13H14N2O5. The minimum atomic E-state index is -1.09. The summed E-state index contributed by atoms with van der Waals surface area (Å²) in [6.45, 7) is -0.378. The average Bonchev–Trinajstić information content (AvgIpc) is 2.38. The largest absolute Gasteiger partial charge is 0.492 e. The van der Waals surface area contributed by atoms with Crippen LogP contribution in [0.4, 0.5) is 0 Å². The molecule has 2 N–H and O–H groups in total. The lowest BCUT2D eigenvalue weighted by atomic mass is 10.2. The Morgan fingerprint density at radius 2 is 1.70 bits per heavy atom. The van der Waals surface area contributed by atoms with Gasteiger partial charge in [-0.05, 0) is 24.3 Å². The minimum Gasteiger partial charge on any atom is -0.492 e. The highest BCUT2D eigenvalue weighted by Gasteiger charge is 2.13. The van der Waals surface area contributed by atoms with Crippen molar-refractivity contribution in [2.24, 2.45) is 0 Å². The van der Waals surface area contributed by atoms with Crippen molar-refractivity contribution in [1.29, 1.82) is 5.26 Å². The number of nitriles is 1. The molecule has 1 aromatic carbocycles. The van der Waals surface area contributed by atoms with E-state index in [1.807, 2.05) is 6.07 Å². The molecule has 0 bridgehead atoms. The molecule has 0 aliphatic rings. The van der Waals surface area contributed by atoms with Crippen molar-refractivity contribution in [2.75, 3.05) is 26.2 Å². The molecule has 7 nitrogen and oxygen atoms in total. The molecule has 1 rings (SSSR count). The molecule has 0 aliphatic heterocycles. The molecule has 0 atom stereocenters. The second-order valence-corrected chi connectivity index (χ2v) is 3.98. The van der Waals surface area contributed by atoms with Gasteiger partial charge in [-0.3, -0.25) is 14.5 Å². The number of rotatable bonds is 8. The fraction of sp³-hybridized carbons (Fsp3) is 0.308. The summed E-state index contributed by atoms with van der Waals surface area (Å²) in [7, 11) is 0. The molecule has 0 radical (unpaired) electrons. The van der Waals surface area contributed by atoms with Crippen LogP contribution in [0.1, 0.15) is 5.56 Å². The summed E-state index contributed by atoms with van der Waals surface area (Å²) >= 11 is 0. The Hall–Kier alpha value is -2.59. The van der Waals surface area contributed by atoms with Gasteiger partial charge in [0.05, 0.1) is 24.7 Å². The van der Waals surface area contributed by atoms with Gasteiger partial charge in [0.1, 0.15) is 12.4 Å². The summed E-state index contributed by atoms with van der Waals surface area (Å²) in [4.78, 5) is 22.4. The first kappa shape index (κ1) is 15.5. The summed E-state index contributed by atoms with van der Waals surface area (Å²) in [5.74, 6) is -1.65. The maximum absolute atomic E-state index is 10.6. The van der Waals surface area contributed by atoms with Gasteiger partial charge in [-0.15, -0.1) is 0 Å². The Kier molecular flexibility index (Phi) is 6.00. The second-order valence-electron chi connectivity index (χ2n) is 3.98. The van der Waals surface area contributed by atoms with Crippen molar-refractivity contribution in [3.8, 4) is 11.8 Å². The van der Waals surface area contributed by atoms with Gasteiger partial charge in [-0.25, -0.2) is 0 Å². The third kappa shape index (κ3) is 5.84. The van der Waals surface area contributed by atoms with Crippen LogP contribution in [-0.4, -0.2) is 53.3 Å². The van der Waals surface area contributed by atoms with Gasteiger partial charge in [0.15, 0.2) is 0 Å². The fourth-order valence-electron chi connectivity index (χ4n) is 1.51. The van der Waals surface area contributed by atoms with E-state index in [0.717, 1.165) is 0 Å². The second kappa shape index (κ2) is 7.76. The molecule has 106 valence electrons. The highest BCUT2D eigenvalue weighted by atomic mass is 16.5. The topological polar surface area (TPSA) is 111 Å². The Morgan fingerprint density at radius 3 is 2.15 bits per heavy atom. The van der Waals surface area contributed by atoms with Crippen LogP contribution >= 0.6 is 0 Å². The number of carboxylic acids is 2. The zero-order valence-electron chi connectivity index (χ0n) is 10.7. The molecule has 0 saturated carbocycles. The van der Waals surface area contributed by atoms with Crippen LogP contribution in [0.2, 0.25) is 0 Å². The number of carbonyl (C=O) groups is 2. The van der Waals surface area contributed by atoms with Crippen LogP contribution in [0.25, 0.3) is 0 Å². The first-order valence-electron chi connectivity index (χ1n) is 5.80. The van der Waals surface area contributed by atoms with E-state index in [1.54, 1.807) is 24.3 Å². The number of hydrogen-bond donors (Lipinski definition) is 2.